The van der Waals surface area contributed by atoms with Gasteiger partial charge in [0.05, 0.1) is 5.69 Å². The SMILES string of the molecule is CCN(Cc1cccc(C)n1)C(CN)CCCSC. The fraction of sp³-hybridized carbons (Fsp3) is 0.667. The molecule has 0 saturated carbocycles. The Morgan fingerprint density at radius 2 is 2.21 bits per heavy atom. The Morgan fingerprint density at radius 3 is 2.79 bits per heavy atom. The van der Waals surface area contributed by atoms with Crippen LogP contribution in [0.1, 0.15) is 31.2 Å². The number of likely N-dealkylation sites (N-methyl/N-ethyl adjacent to an activating group) is 1. The molecule has 2 N–H and O–H groups in total. The molecule has 4 heteroatoms. The second-order valence-electron chi connectivity index (χ2n) is 4.86. The Balaban J connectivity index is 2.59. The van der Waals surface area contributed by atoms with Crippen LogP contribution in [-0.2, 0) is 6.54 Å². The highest BCUT2D eigenvalue weighted by molar-refractivity contribution is 7.98. The summed E-state index contributed by atoms with van der Waals surface area (Å²) < 4.78 is 0. The van der Waals surface area contributed by atoms with Crippen molar-refractivity contribution in [3.63, 3.8) is 0 Å². The summed E-state index contributed by atoms with van der Waals surface area (Å²) in [6.07, 6.45) is 4.57. The molecule has 0 aliphatic carbocycles. The quantitative estimate of drug-likeness (QED) is 0.707. The van der Waals surface area contributed by atoms with Gasteiger partial charge in [0.25, 0.3) is 0 Å². The smallest absolute Gasteiger partial charge is 0.0547 e. The molecule has 0 bridgehead atoms. The highest BCUT2D eigenvalue weighted by atomic mass is 32.2. The topological polar surface area (TPSA) is 42.2 Å². The molecule has 1 aromatic heterocycles. The molecular formula is C15H27N3S. The normalized spacial score (nSPS) is 12.9. The predicted molar refractivity (Wildman–Crippen MR) is 85.5 cm³/mol. The molecule has 0 saturated heterocycles. The van der Waals surface area contributed by atoms with Crippen LogP contribution < -0.4 is 5.73 Å². The molecule has 0 aliphatic heterocycles. The molecule has 1 atom stereocenters. The molecule has 0 fully saturated rings. The summed E-state index contributed by atoms with van der Waals surface area (Å²) in [5.74, 6) is 1.22. The van der Waals surface area contributed by atoms with E-state index in [0.29, 0.717) is 6.04 Å². The van der Waals surface area contributed by atoms with E-state index in [9.17, 15) is 0 Å². The molecule has 1 heterocycles. The van der Waals surface area contributed by atoms with E-state index in [-0.39, 0.29) is 0 Å². The van der Waals surface area contributed by atoms with Crippen LogP contribution in [0.3, 0.4) is 0 Å². The molecular weight excluding hydrogens is 254 g/mol. The van der Waals surface area contributed by atoms with E-state index in [2.05, 4.69) is 35.2 Å². The average Bonchev–Trinajstić information content (AvgIpc) is 2.42. The Hall–Kier alpha value is -0.580. The van der Waals surface area contributed by atoms with Gasteiger partial charge >= 0.3 is 0 Å². The lowest BCUT2D eigenvalue weighted by atomic mass is 10.1. The number of hydrogen-bond acceptors (Lipinski definition) is 4. The number of hydrogen-bond donors (Lipinski definition) is 1. The third-order valence-corrected chi connectivity index (χ3v) is 4.09. The molecule has 0 amide bonds. The van der Waals surface area contributed by atoms with Gasteiger partial charge in [0.1, 0.15) is 0 Å². The standard InChI is InChI=1S/C15H27N3S/c1-4-18(15(11-16)9-6-10-19-3)12-14-8-5-7-13(2)17-14/h5,7-8,15H,4,6,9-12,16H2,1-3H3. The highest BCUT2D eigenvalue weighted by Gasteiger charge is 2.16. The molecule has 108 valence electrons. The van der Waals surface area contributed by atoms with Gasteiger partial charge in [0.2, 0.25) is 0 Å². The van der Waals surface area contributed by atoms with Crippen LogP contribution in [-0.4, -0.2) is 41.0 Å². The Morgan fingerprint density at radius 1 is 1.42 bits per heavy atom. The number of aromatic nitrogens is 1. The van der Waals surface area contributed by atoms with Gasteiger partial charge < -0.3 is 5.73 Å². The van der Waals surface area contributed by atoms with E-state index in [1.165, 1.54) is 18.6 Å². The summed E-state index contributed by atoms with van der Waals surface area (Å²) in [7, 11) is 0. The van der Waals surface area contributed by atoms with E-state index in [0.717, 1.165) is 31.0 Å². The first-order chi connectivity index (χ1) is 9.21. The lowest BCUT2D eigenvalue weighted by Crippen LogP contribution is -2.40. The van der Waals surface area contributed by atoms with Crippen molar-refractivity contribution in [2.24, 2.45) is 5.73 Å². The Kier molecular flexibility index (Phi) is 8.10. The van der Waals surface area contributed by atoms with Crippen LogP contribution in [0.5, 0.6) is 0 Å². The maximum atomic E-state index is 5.95. The summed E-state index contributed by atoms with van der Waals surface area (Å²) in [4.78, 5) is 7.03. The molecule has 19 heavy (non-hydrogen) atoms. The minimum absolute atomic E-state index is 0.472. The van der Waals surface area contributed by atoms with Gasteiger partial charge in [-0.25, -0.2) is 0 Å². The molecule has 0 aromatic carbocycles. The lowest BCUT2D eigenvalue weighted by Gasteiger charge is -2.29. The summed E-state index contributed by atoms with van der Waals surface area (Å²) in [6, 6.07) is 6.69. The number of nitrogens with two attached hydrogens (primary N) is 1. The monoisotopic (exact) mass is 281 g/mol. The number of rotatable bonds is 9. The Bertz CT molecular complexity index is 357. The number of thioether (sulfide) groups is 1. The summed E-state index contributed by atoms with van der Waals surface area (Å²) >= 11 is 1.91. The van der Waals surface area contributed by atoms with Gasteiger partial charge in [0.15, 0.2) is 0 Å². The fourth-order valence-corrected chi connectivity index (χ4v) is 2.76. The third kappa shape index (κ3) is 5.93. The second-order valence-corrected chi connectivity index (χ2v) is 5.84. The van der Waals surface area contributed by atoms with Gasteiger partial charge in [-0.2, -0.15) is 11.8 Å². The number of aryl methyl sites for hydroxylation is 1. The van der Waals surface area contributed by atoms with Crippen LogP contribution in [0.2, 0.25) is 0 Å². The number of nitrogens with zero attached hydrogens (tertiary/aromatic N) is 2. The zero-order valence-electron chi connectivity index (χ0n) is 12.4. The first-order valence-corrected chi connectivity index (χ1v) is 8.46. The van der Waals surface area contributed by atoms with E-state index in [1.54, 1.807) is 0 Å². The van der Waals surface area contributed by atoms with Gasteiger partial charge in [-0.15, -0.1) is 0 Å². The van der Waals surface area contributed by atoms with Crippen molar-refractivity contribution >= 4 is 11.8 Å². The van der Waals surface area contributed by atoms with Crippen LogP contribution >= 0.6 is 11.8 Å². The summed E-state index contributed by atoms with van der Waals surface area (Å²) in [6.45, 7) is 6.90. The molecule has 0 spiro atoms. The lowest BCUT2D eigenvalue weighted by molar-refractivity contribution is 0.189. The van der Waals surface area contributed by atoms with Crippen LogP contribution in [0, 0.1) is 6.92 Å². The summed E-state index contributed by atoms with van der Waals surface area (Å²) in [5.41, 5.74) is 8.17. The van der Waals surface area contributed by atoms with Crippen molar-refractivity contribution in [1.82, 2.24) is 9.88 Å². The van der Waals surface area contributed by atoms with Gasteiger partial charge in [-0.3, -0.25) is 9.88 Å². The molecule has 0 aliphatic rings. The van der Waals surface area contributed by atoms with Crippen molar-refractivity contribution in [3.8, 4) is 0 Å². The maximum absolute atomic E-state index is 5.95. The highest BCUT2D eigenvalue weighted by Crippen LogP contribution is 2.12. The van der Waals surface area contributed by atoms with Crippen molar-refractivity contribution in [1.29, 1.82) is 0 Å². The zero-order valence-corrected chi connectivity index (χ0v) is 13.2. The first kappa shape index (κ1) is 16.5. The molecule has 1 aromatic rings. The molecule has 1 unspecified atom stereocenters. The van der Waals surface area contributed by atoms with E-state index in [4.69, 9.17) is 5.73 Å². The fourth-order valence-electron chi connectivity index (χ4n) is 2.31. The zero-order chi connectivity index (χ0) is 14.1. The van der Waals surface area contributed by atoms with Gasteiger partial charge in [-0.05, 0) is 50.5 Å². The minimum atomic E-state index is 0.472. The maximum Gasteiger partial charge on any atom is 0.0547 e. The van der Waals surface area contributed by atoms with Crippen molar-refractivity contribution in [2.75, 3.05) is 25.1 Å². The van der Waals surface area contributed by atoms with Gasteiger partial charge in [0, 0.05) is 24.8 Å². The minimum Gasteiger partial charge on any atom is -0.329 e. The summed E-state index contributed by atoms with van der Waals surface area (Å²) in [5, 5.41) is 0. The molecule has 0 radical (unpaired) electrons. The van der Waals surface area contributed by atoms with Crippen LogP contribution in [0.25, 0.3) is 0 Å². The molecule has 3 nitrogen and oxygen atoms in total. The van der Waals surface area contributed by atoms with Crippen molar-refractivity contribution in [3.05, 3.63) is 29.6 Å². The third-order valence-electron chi connectivity index (χ3n) is 3.39. The molecule has 1 rings (SSSR count). The van der Waals surface area contributed by atoms with Crippen molar-refractivity contribution in [2.45, 2.75) is 39.3 Å². The van der Waals surface area contributed by atoms with Crippen molar-refractivity contribution < 1.29 is 0 Å². The van der Waals surface area contributed by atoms with Crippen LogP contribution in [0.4, 0.5) is 0 Å². The van der Waals surface area contributed by atoms with Gasteiger partial charge in [-0.1, -0.05) is 13.0 Å². The van der Waals surface area contributed by atoms with E-state index < -0.39 is 0 Å². The number of pyridine rings is 1. The average molecular weight is 281 g/mol. The second kappa shape index (κ2) is 9.34. The first-order valence-electron chi connectivity index (χ1n) is 7.06. The van der Waals surface area contributed by atoms with Crippen LogP contribution in [0.15, 0.2) is 18.2 Å². The van der Waals surface area contributed by atoms with E-state index >= 15 is 0 Å². The van der Waals surface area contributed by atoms with E-state index in [1.807, 2.05) is 24.8 Å². The largest absolute Gasteiger partial charge is 0.329 e. The Labute approximate surface area is 122 Å². The predicted octanol–water partition coefficient (Wildman–Crippen LogP) is 2.68.